The highest BCUT2D eigenvalue weighted by Crippen LogP contribution is 2.45. The highest BCUT2D eigenvalue weighted by Gasteiger charge is 2.63. The van der Waals surface area contributed by atoms with Crippen LogP contribution >= 0.6 is 0 Å². The molecule has 8 heteroatoms. The lowest BCUT2D eigenvalue weighted by Crippen LogP contribution is -2.48. The molecule has 1 rings (SSSR count). The second-order valence-corrected chi connectivity index (χ2v) is 4.63. The number of carbonyl (C=O) groups is 2. The Labute approximate surface area is 102 Å². The molecule has 0 radical (unpaired) electrons. The Kier molecular flexibility index (Phi) is 3.89. The maximum absolute atomic E-state index is 12.8. The molecule has 1 atom stereocenters. The summed E-state index contributed by atoms with van der Waals surface area (Å²) in [4.78, 5) is 24.8. The average Bonchev–Trinajstić information content (AvgIpc) is 2.61. The summed E-state index contributed by atoms with van der Waals surface area (Å²) in [6.07, 6.45) is -5.33. The van der Waals surface area contributed by atoms with Crippen LogP contribution in [0.15, 0.2) is 0 Å². The molecule has 18 heavy (non-hydrogen) atoms. The van der Waals surface area contributed by atoms with Gasteiger partial charge in [0.05, 0.1) is 6.54 Å². The van der Waals surface area contributed by atoms with Crippen molar-refractivity contribution in [1.82, 2.24) is 9.80 Å². The number of rotatable bonds is 3. The number of hydrogen-bond donors (Lipinski definition) is 1. The van der Waals surface area contributed by atoms with Gasteiger partial charge in [-0.25, -0.2) is 0 Å². The second kappa shape index (κ2) is 4.75. The number of alkyl halides is 3. The fourth-order valence-corrected chi connectivity index (χ4v) is 1.88. The molecule has 0 aliphatic carbocycles. The van der Waals surface area contributed by atoms with E-state index >= 15 is 0 Å². The van der Waals surface area contributed by atoms with Crippen LogP contribution in [0, 0.1) is 5.41 Å². The topological polar surface area (TPSA) is 60.9 Å². The maximum atomic E-state index is 12.8. The van der Waals surface area contributed by atoms with Gasteiger partial charge in [0, 0.05) is 27.2 Å². The monoisotopic (exact) mass is 268 g/mol. The molecule has 0 aromatic rings. The van der Waals surface area contributed by atoms with Gasteiger partial charge in [0.1, 0.15) is 0 Å². The van der Waals surface area contributed by atoms with Crippen LogP contribution in [0.2, 0.25) is 0 Å². The predicted octanol–water partition coefficient (Wildman–Crippen LogP) is 0.414. The summed E-state index contributed by atoms with van der Waals surface area (Å²) in [5.74, 6) is -2.23. The molecule has 1 heterocycles. The van der Waals surface area contributed by atoms with E-state index in [-0.39, 0.29) is 19.0 Å². The van der Waals surface area contributed by atoms with Crippen molar-refractivity contribution in [2.75, 3.05) is 33.7 Å². The van der Waals surface area contributed by atoms with E-state index in [1.165, 1.54) is 23.9 Å². The zero-order valence-corrected chi connectivity index (χ0v) is 10.1. The van der Waals surface area contributed by atoms with E-state index in [2.05, 4.69) is 0 Å². The van der Waals surface area contributed by atoms with Crippen molar-refractivity contribution in [3.05, 3.63) is 0 Å². The van der Waals surface area contributed by atoms with Crippen molar-refractivity contribution in [3.63, 3.8) is 0 Å². The average molecular weight is 268 g/mol. The van der Waals surface area contributed by atoms with E-state index in [1.54, 1.807) is 0 Å². The number of carboxylic acids is 1. The normalized spacial score (nSPS) is 25.2. The van der Waals surface area contributed by atoms with Gasteiger partial charge in [0.2, 0.25) is 5.91 Å². The minimum absolute atomic E-state index is 0.0502. The Morgan fingerprint density at radius 1 is 1.39 bits per heavy atom. The quantitative estimate of drug-likeness (QED) is 0.805. The Bertz CT molecular complexity index is 357. The third kappa shape index (κ3) is 2.58. The number of aliphatic carboxylic acids is 1. The number of amides is 1. The Hall–Kier alpha value is -1.31. The third-order valence-corrected chi connectivity index (χ3v) is 3.16. The van der Waals surface area contributed by atoms with Crippen LogP contribution in [-0.2, 0) is 9.59 Å². The number of likely N-dealkylation sites (tertiary alicyclic amines) is 1. The summed E-state index contributed by atoms with van der Waals surface area (Å²) < 4.78 is 38.5. The van der Waals surface area contributed by atoms with Crippen LogP contribution in [0.5, 0.6) is 0 Å². The molecule has 1 amide bonds. The van der Waals surface area contributed by atoms with Gasteiger partial charge in [-0.3, -0.25) is 14.5 Å². The van der Waals surface area contributed by atoms with Crippen LogP contribution in [0.25, 0.3) is 0 Å². The van der Waals surface area contributed by atoms with E-state index in [0.717, 1.165) is 0 Å². The molecule has 104 valence electrons. The first kappa shape index (κ1) is 14.7. The largest absolute Gasteiger partial charge is 0.481 e. The first-order valence-corrected chi connectivity index (χ1v) is 5.33. The molecule has 5 nitrogen and oxygen atoms in total. The van der Waals surface area contributed by atoms with Crippen LogP contribution in [0.3, 0.4) is 0 Å². The van der Waals surface area contributed by atoms with Crippen molar-refractivity contribution in [3.8, 4) is 0 Å². The molecule has 1 saturated heterocycles. The van der Waals surface area contributed by atoms with E-state index in [4.69, 9.17) is 5.11 Å². The van der Waals surface area contributed by atoms with Gasteiger partial charge in [-0.2, -0.15) is 13.2 Å². The van der Waals surface area contributed by atoms with Crippen molar-refractivity contribution in [1.29, 1.82) is 0 Å². The first-order valence-electron chi connectivity index (χ1n) is 5.33. The highest BCUT2D eigenvalue weighted by atomic mass is 19.4. The van der Waals surface area contributed by atoms with E-state index in [0.29, 0.717) is 0 Å². The van der Waals surface area contributed by atoms with E-state index in [9.17, 15) is 22.8 Å². The highest BCUT2D eigenvalue weighted by molar-refractivity contribution is 5.79. The predicted molar refractivity (Wildman–Crippen MR) is 55.9 cm³/mol. The third-order valence-electron chi connectivity index (χ3n) is 3.16. The fourth-order valence-electron chi connectivity index (χ4n) is 1.88. The van der Waals surface area contributed by atoms with E-state index in [1.807, 2.05) is 0 Å². The van der Waals surface area contributed by atoms with Crippen molar-refractivity contribution < 1.29 is 27.9 Å². The molecule has 0 aromatic heterocycles. The van der Waals surface area contributed by atoms with Gasteiger partial charge < -0.3 is 10.0 Å². The summed E-state index contributed by atoms with van der Waals surface area (Å²) in [5.41, 5.74) is -2.75. The Morgan fingerprint density at radius 3 is 2.28 bits per heavy atom. The number of nitrogens with zero attached hydrogens (tertiary/aromatic N) is 2. The van der Waals surface area contributed by atoms with Crippen LogP contribution in [0.1, 0.15) is 6.42 Å². The minimum atomic E-state index is -4.81. The molecule has 0 saturated carbocycles. The maximum Gasteiger partial charge on any atom is 0.406 e. The van der Waals surface area contributed by atoms with Crippen LogP contribution < -0.4 is 0 Å². The summed E-state index contributed by atoms with van der Waals surface area (Å²) in [6, 6.07) is 0. The van der Waals surface area contributed by atoms with Gasteiger partial charge in [0.15, 0.2) is 5.41 Å². The summed E-state index contributed by atoms with van der Waals surface area (Å²) >= 11 is 0. The number of likely N-dealkylation sites (N-methyl/N-ethyl adjacent to an activating group) is 1. The molecule has 1 N–H and O–H groups in total. The van der Waals surface area contributed by atoms with Crippen LogP contribution in [-0.4, -0.2) is 66.7 Å². The SMILES string of the molecule is CN(C)C(=O)CN1CCC(C(=O)O)(C(F)(F)F)C1. The second-order valence-electron chi connectivity index (χ2n) is 4.63. The Balaban J connectivity index is 2.79. The Morgan fingerprint density at radius 2 is 1.94 bits per heavy atom. The number of hydrogen-bond acceptors (Lipinski definition) is 3. The lowest BCUT2D eigenvalue weighted by Gasteiger charge is -2.27. The van der Waals surface area contributed by atoms with Crippen molar-refractivity contribution in [2.45, 2.75) is 12.6 Å². The van der Waals surface area contributed by atoms with Gasteiger partial charge in [-0.15, -0.1) is 0 Å². The lowest BCUT2D eigenvalue weighted by atomic mass is 9.86. The van der Waals surface area contributed by atoms with Crippen LogP contribution in [0.4, 0.5) is 13.2 Å². The smallest absolute Gasteiger partial charge is 0.406 e. The zero-order valence-electron chi connectivity index (χ0n) is 10.1. The molecule has 1 unspecified atom stereocenters. The zero-order chi connectivity index (χ0) is 14.1. The number of carbonyl (C=O) groups excluding carboxylic acids is 1. The van der Waals surface area contributed by atoms with Gasteiger partial charge in [-0.1, -0.05) is 0 Å². The molecule has 0 bridgehead atoms. The molecule has 1 aliphatic rings. The van der Waals surface area contributed by atoms with Gasteiger partial charge >= 0.3 is 12.1 Å². The van der Waals surface area contributed by atoms with Gasteiger partial charge in [0.25, 0.3) is 0 Å². The molecule has 1 aliphatic heterocycles. The minimum Gasteiger partial charge on any atom is -0.481 e. The molecule has 1 fully saturated rings. The summed E-state index contributed by atoms with van der Waals surface area (Å²) in [7, 11) is 2.99. The summed E-state index contributed by atoms with van der Waals surface area (Å²) in [6.45, 7) is -0.922. The first-order chi connectivity index (χ1) is 8.10. The van der Waals surface area contributed by atoms with Gasteiger partial charge in [-0.05, 0) is 6.42 Å². The fraction of sp³-hybridized carbons (Fsp3) is 0.800. The molecule has 0 aromatic carbocycles. The number of halogens is 3. The summed E-state index contributed by atoms with van der Waals surface area (Å²) in [5, 5.41) is 8.82. The molecule has 0 spiro atoms. The lowest BCUT2D eigenvalue weighted by molar-refractivity contribution is -0.227. The molecular weight excluding hydrogens is 253 g/mol. The molecular formula is C10H15F3N2O3. The van der Waals surface area contributed by atoms with Crippen molar-refractivity contribution >= 4 is 11.9 Å². The van der Waals surface area contributed by atoms with E-state index < -0.39 is 30.5 Å². The standard InChI is InChI=1S/C10H15F3N2O3/c1-14(2)7(16)5-15-4-3-9(6-15,8(17)18)10(11,12)13/h3-6H2,1-2H3,(H,17,18). The van der Waals surface area contributed by atoms with Crippen molar-refractivity contribution in [2.24, 2.45) is 5.41 Å². The number of carboxylic acid groups (broad SMARTS) is 1.